The first-order valence-corrected chi connectivity index (χ1v) is 6.59. The number of carbonyl (C=O) groups is 1. The Bertz CT molecular complexity index is 578. The van der Waals surface area contributed by atoms with E-state index in [4.69, 9.17) is 0 Å². The molecule has 2 aromatic carbocycles. The zero-order valence-corrected chi connectivity index (χ0v) is 10.7. The fraction of sp³-hybridized carbons (Fsp3) is 0.133. The lowest BCUT2D eigenvalue weighted by Crippen LogP contribution is -2.45. The fourth-order valence-electron chi connectivity index (χ4n) is 2.62. The number of hydrogen-bond donors (Lipinski definition) is 4. The summed E-state index contributed by atoms with van der Waals surface area (Å²) in [6, 6.07) is 15.6. The number of Topliss-reactive ketones (excluding diaryl/α,β-unsaturated/α-hetero) is 1. The van der Waals surface area contributed by atoms with Gasteiger partial charge in [-0.05, 0) is 24.3 Å². The summed E-state index contributed by atoms with van der Waals surface area (Å²) in [5.41, 5.74) is 3.84. The van der Waals surface area contributed by atoms with E-state index in [0.29, 0.717) is 0 Å². The van der Waals surface area contributed by atoms with Crippen LogP contribution in [0.4, 0.5) is 22.7 Å². The minimum atomic E-state index is -0.410. The normalized spacial score (nSPS) is 16.4. The Labute approximate surface area is 116 Å². The summed E-state index contributed by atoms with van der Waals surface area (Å²) >= 11 is 0. The third kappa shape index (κ3) is 1.67. The van der Waals surface area contributed by atoms with Crippen LogP contribution < -0.4 is 21.3 Å². The lowest BCUT2D eigenvalue weighted by molar-refractivity contribution is -0.119. The number of anilines is 4. The molecule has 100 valence electrons. The number of carbonyl (C=O) groups excluding carboxylic acids is 1. The summed E-state index contributed by atoms with van der Waals surface area (Å²) in [5, 5.41) is 12.8. The molecule has 2 aliphatic heterocycles. The second kappa shape index (κ2) is 4.16. The van der Waals surface area contributed by atoms with Gasteiger partial charge in [0.25, 0.3) is 0 Å². The highest BCUT2D eigenvalue weighted by atomic mass is 16.1. The Kier molecular flexibility index (Phi) is 2.32. The molecule has 5 heteroatoms. The highest BCUT2D eigenvalue weighted by Crippen LogP contribution is 2.32. The van der Waals surface area contributed by atoms with E-state index in [9.17, 15) is 4.79 Å². The molecular formula is C15H14N4O. The number of fused-ring (bicyclic) bond motifs is 2. The van der Waals surface area contributed by atoms with Gasteiger partial charge in [-0.25, -0.2) is 0 Å². The predicted octanol–water partition coefficient (Wildman–Crippen LogP) is 2.28. The first kappa shape index (κ1) is 11.2. The van der Waals surface area contributed by atoms with Gasteiger partial charge in [-0.15, -0.1) is 0 Å². The highest BCUT2D eigenvalue weighted by Gasteiger charge is 2.34. The van der Waals surface area contributed by atoms with E-state index >= 15 is 0 Å². The van der Waals surface area contributed by atoms with Crippen molar-refractivity contribution < 1.29 is 4.79 Å². The Morgan fingerprint density at radius 3 is 1.25 bits per heavy atom. The van der Waals surface area contributed by atoms with Crippen LogP contribution in [0.3, 0.4) is 0 Å². The summed E-state index contributed by atoms with van der Waals surface area (Å²) in [6.07, 6.45) is -0.821. The number of benzene rings is 2. The van der Waals surface area contributed by atoms with Crippen molar-refractivity contribution in [1.82, 2.24) is 0 Å². The van der Waals surface area contributed by atoms with Crippen molar-refractivity contribution in [1.29, 1.82) is 0 Å². The molecule has 0 aliphatic carbocycles. The largest absolute Gasteiger partial charge is 0.357 e. The van der Waals surface area contributed by atoms with Crippen LogP contribution in [0.5, 0.6) is 0 Å². The Balaban J connectivity index is 1.51. The average molecular weight is 266 g/mol. The number of hydrogen-bond acceptors (Lipinski definition) is 5. The zero-order valence-electron chi connectivity index (χ0n) is 10.7. The van der Waals surface area contributed by atoms with Gasteiger partial charge >= 0.3 is 0 Å². The summed E-state index contributed by atoms with van der Waals surface area (Å²) in [4.78, 5) is 12.5. The summed E-state index contributed by atoms with van der Waals surface area (Å²) in [5.74, 6) is 0.0393. The van der Waals surface area contributed by atoms with Gasteiger partial charge in [-0.1, -0.05) is 24.3 Å². The zero-order chi connectivity index (χ0) is 13.5. The van der Waals surface area contributed by atoms with E-state index in [1.165, 1.54) is 0 Å². The van der Waals surface area contributed by atoms with E-state index in [1.807, 2.05) is 48.5 Å². The molecule has 2 heterocycles. The quantitative estimate of drug-likeness (QED) is 0.671. The van der Waals surface area contributed by atoms with Gasteiger partial charge in [-0.2, -0.15) is 0 Å². The molecule has 4 N–H and O–H groups in total. The van der Waals surface area contributed by atoms with Crippen LogP contribution in [0.25, 0.3) is 0 Å². The van der Waals surface area contributed by atoms with Crippen molar-refractivity contribution in [3.8, 4) is 0 Å². The van der Waals surface area contributed by atoms with E-state index in [-0.39, 0.29) is 5.78 Å². The average Bonchev–Trinajstić information content (AvgIpc) is 3.10. The smallest absolute Gasteiger partial charge is 0.217 e. The van der Waals surface area contributed by atoms with Gasteiger partial charge in [0.2, 0.25) is 5.78 Å². The lowest BCUT2D eigenvalue weighted by atomic mass is 10.2. The molecule has 0 spiro atoms. The molecular weight excluding hydrogens is 252 g/mol. The van der Waals surface area contributed by atoms with Crippen LogP contribution in [-0.2, 0) is 4.79 Å². The topological polar surface area (TPSA) is 65.2 Å². The monoisotopic (exact) mass is 266 g/mol. The Morgan fingerprint density at radius 2 is 0.950 bits per heavy atom. The molecule has 0 fully saturated rings. The molecule has 0 saturated carbocycles. The maximum absolute atomic E-state index is 12.5. The van der Waals surface area contributed by atoms with Gasteiger partial charge in [0.1, 0.15) is 0 Å². The minimum absolute atomic E-state index is 0.0393. The molecule has 2 aromatic rings. The molecule has 0 aromatic heterocycles. The number of nitrogens with one attached hydrogen (secondary N) is 4. The molecule has 2 aliphatic rings. The number of ketones is 1. The first-order valence-electron chi connectivity index (χ1n) is 6.59. The van der Waals surface area contributed by atoms with Crippen molar-refractivity contribution in [2.75, 3.05) is 21.3 Å². The standard InChI is InChI=1S/C15H14N4O/c20-13(14-16-9-5-1-2-6-10(9)17-14)15-18-11-7-3-4-8-12(11)19-15/h1-8,14-19H. The minimum Gasteiger partial charge on any atom is -0.357 e. The molecule has 20 heavy (non-hydrogen) atoms. The van der Waals surface area contributed by atoms with Gasteiger partial charge < -0.3 is 21.3 Å². The van der Waals surface area contributed by atoms with Crippen molar-refractivity contribution in [3.05, 3.63) is 48.5 Å². The van der Waals surface area contributed by atoms with Crippen molar-refractivity contribution >= 4 is 28.5 Å². The first-order chi connectivity index (χ1) is 9.81. The summed E-state index contributed by atoms with van der Waals surface area (Å²) < 4.78 is 0. The summed E-state index contributed by atoms with van der Waals surface area (Å²) in [6.45, 7) is 0. The van der Waals surface area contributed by atoms with Crippen LogP contribution in [0, 0.1) is 0 Å². The third-order valence-corrected chi connectivity index (χ3v) is 3.62. The maximum Gasteiger partial charge on any atom is 0.217 e. The van der Waals surface area contributed by atoms with Crippen LogP contribution >= 0.6 is 0 Å². The SMILES string of the molecule is O=C(C1Nc2ccccc2N1)C1Nc2ccccc2N1. The van der Waals surface area contributed by atoms with E-state index in [2.05, 4.69) is 21.3 Å². The molecule has 4 rings (SSSR count). The number of para-hydroxylation sites is 4. The molecule has 0 saturated heterocycles. The van der Waals surface area contributed by atoms with Gasteiger partial charge in [0.15, 0.2) is 12.3 Å². The highest BCUT2D eigenvalue weighted by molar-refractivity contribution is 6.02. The van der Waals surface area contributed by atoms with Crippen LogP contribution in [0.15, 0.2) is 48.5 Å². The van der Waals surface area contributed by atoms with Crippen molar-refractivity contribution in [2.24, 2.45) is 0 Å². The molecule has 0 radical (unpaired) electrons. The van der Waals surface area contributed by atoms with Crippen molar-refractivity contribution in [3.63, 3.8) is 0 Å². The molecule has 0 bridgehead atoms. The predicted molar refractivity (Wildman–Crippen MR) is 80.0 cm³/mol. The second-order valence-corrected chi connectivity index (χ2v) is 4.94. The Hall–Kier alpha value is -2.69. The lowest BCUT2D eigenvalue weighted by Gasteiger charge is -2.17. The summed E-state index contributed by atoms with van der Waals surface area (Å²) in [7, 11) is 0. The maximum atomic E-state index is 12.5. The van der Waals surface area contributed by atoms with E-state index in [0.717, 1.165) is 22.7 Å². The van der Waals surface area contributed by atoms with E-state index < -0.39 is 12.3 Å². The van der Waals surface area contributed by atoms with Gasteiger partial charge in [-0.3, -0.25) is 4.79 Å². The van der Waals surface area contributed by atoms with Crippen LogP contribution in [-0.4, -0.2) is 18.1 Å². The molecule has 0 atom stereocenters. The van der Waals surface area contributed by atoms with Gasteiger partial charge in [0.05, 0.1) is 22.7 Å². The van der Waals surface area contributed by atoms with E-state index in [1.54, 1.807) is 0 Å². The molecule has 5 nitrogen and oxygen atoms in total. The Morgan fingerprint density at radius 1 is 0.650 bits per heavy atom. The van der Waals surface area contributed by atoms with Crippen LogP contribution in [0.2, 0.25) is 0 Å². The number of rotatable bonds is 2. The molecule has 0 amide bonds. The molecule has 0 unspecified atom stereocenters. The fourth-order valence-corrected chi connectivity index (χ4v) is 2.62. The van der Waals surface area contributed by atoms with Crippen LogP contribution in [0.1, 0.15) is 0 Å². The van der Waals surface area contributed by atoms with Gasteiger partial charge in [0, 0.05) is 0 Å². The third-order valence-electron chi connectivity index (χ3n) is 3.62. The van der Waals surface area contributed by atoms with Crippen molar-refractivity contribution in [2.45, 2.75) is 12.3 Å². The second-order valence-electron chi connectivity index (χ2n) is 4.94.